The summed E-state index contributed by atoms with van der Waals surface area (Å²) in [6.45, 7) is 12.6. The number of aliphatic hydroxyl groups is 1. The maximum atomic E-state index is 12.6. The van der Waals surface area contributed by atoms with E-state index in [4.69, 9.17) is 4.74 Å². The van der Waals surface area contributed by atoms with Crippen LogP contribution in [0.15, 0.2) is 23.8 Å². The molecule has 0 radical (unpaired) electrons. The molecule has 1 spiro atoms. The minimum absolute atomic E-state index is 0.0667. The van der Waals surface area contributed by atoms with Crippen molar-refractivity contribution in [2.24, 2.45) is 23.7 Å². The van der Waals surface area contributed by atoms with Crippen LogP contribution >= 0.6 is 0 Å². The molecule has 2 aliphatic heterocycles. The van der Waals surface area contributed by atoms with Crippen LogP contribution in [0.4, 0.5) is 0 Å². The first-order valence-corrected chi connectivity index (χ1v) is 10.7. The first-order valence-electron chi connectivity index (χ1n) is 10.7. The van der Waals surface area contributed by atoms with E-state index in [2.05, 4.69) is 58.2 Å². The maximum absolute atomic E-state index is 12.6. The molecule has 1 fully saturated rings. The molecule has 0 bridgehead atoms. The lowest BCUT2D eigenvalue weighted by molar-refractivity contribution is -0.179. The van der Waals surface area contributed by atoms with Gasteiger partial charge in [0.05, 0.1) is 12.2 Å². The van der Waals surface area contributed by atoms with Crippen molar-refractivity contribution in [2.75, 3.05) is 0 Å². The fourth-order valence-electron chi connectivity index (χ4n) is 4.61. The molecule has 1 amide bonds. The summed E-state index contributed by atoms with van der Waals surface area (Å²) in [7, 11) is 0. The molecule has 4 nitrogen and oxygen atoms in total. The average Bonchev–Trinajstić information content (AvgIpc) is 2.62. The zero-order valence-electron chi connectivity index (χ0n) is 18.0. The van der Waals surface area contributed by atoms with Crippen molar-refractivity contribution in [1.29, 1.82) is 0 Å². The number of hydrogen-bond donors (Lipinski definition) is 2. The molecular weight excluding hydrogens is 338 g/mol. The van der Waals surface area contributed by atoms with E-state index < -0.39 is 11.8 Å². The summed E-state index contributed by atoms with van der Waals surface area (Å²) >= 11 is 0. The van der Waals surface area contributed by atoms with Crippen LogP contribution in [0, 0.1) is 23.7 Å². The Bertz CT molecular complexity index is 570. The highest BCUT2D eigenvalue weighted by atomic mass is 16.5. The molecule has 4 heteroatoms. The SMILES string of the molecule is C/C=C/CC[C@H](C)[C@@H](O)C[C@@H]1O[C@@]2(NC(=O)[C@@H](CC)C[C@@H]2C)C(C)=C[C@H]1C. The van der Waals surface area contributed by atoms with E-state index in [1.165, 1.54) is 0 Å². The second kappa shape index (κ2) is 9.38. The molecule has 7 atom stereocenters. The number of piperidine rings is 1. The number of hydrogen-bond acceptors (Lipinski definition) is 3. The summed E-state index contributed by atoms with van der Waals surface area (Å²) < 4.78 is 6.59. The van der Waals surface area contributed by atoms with Gasteiger partial charge in [-0.2, -0.15) is 0 Å². The van der Waals surface area contributed by atoms with Crippen LogP contribution in [0.25, 0.3) is 0 Å². The Morgan fingerprint density at radius 1 is 1.44 bits per heavy atom. The molecule has 0 aliphatic carbocycles. The summed E-state index contributed by atoms with van der Waals surface area (Å²) in [5.41, 5.74) is 0.380. The number of nitrogens with one attached hydrogen (secondary N) is 1. The Balaban J connectivity index is 2.11. The monoisotopic (exact) mass is 377 g/mol. The van der Waals surface area contributed by atoms with E-state index in [0.717, 1.165) is 31.3 Å². The lowest BCUT2D eigenvalue weighted by atomic mass is 9.75. The van der Waals surface area contributed by atoms with Gasteiger partial charge in [-0.1, -0.05) is 45.9 Å². The largest absolute Gasteiger partial charge is 0.393 e. The Labute approximate surface area is 165 Å². The minimum Gasteiger partial charge on any atom is -0.393 e. The first kappa shape index (κ1) is 22.2. The predicted molar refractivity (Wildman–Crippen MR) is 110 cm³/mol. The summed E-state index contributed by atoms with van der Waals surface area (Å²) in [6, 6.07) is 0. The van der Waals surface area contributed by atoms with Gasteiger partial charge < -0.3 is 15.2 Å². The van der Waals surface area contributed by atoms with Crippen LogP contribution in [0.5, 0.6) is 0 Å². The van der Waals surface area contributed by atoms with Gasteiger partial charge in [0.2, 0.25) is 5.91 Å². The van der Waals surface area contributed by atoms with Crippen LogP contribution in [0.2, 0.25) is 0 Å². The molecule has 0 aromatic heterocycles. The Hall–Kier alpha value is -1.13. The van der Waals surface area contributed by atoms with E-state index in [9.17, 15) is 9.90 Å². The molecule has 1 saturated heterocycles. The lowest BCUT2D eigenvalue weighted by Gasteiger charge is -2.51. The van der Waals surface area contributed by atoms with Crippen molar-refractivity contribution in [3.05, 3.63) is 23.8 Å². The number of aliphatic hydroxyl groups excluding tert-OH is 1. The second-order valence-corrected chi connectivity index (χ2v) is 8.76. The van der Waals surface area contributed by atoms with Gasteiger partial charge in [0.15, 0.2) is 5.72 Å². The number of carbonyl (C=O) groups is 1. The quantitative estimate of drug-likeness (QED) is 0.638. The Kier molecular flexibility index (Phi) is 7.70. The van der Waals surface area contributed by atoms with Gasteiger partial charge >= 0.3 is 0 Å². The third-order valence-corrected chi connectivity index (χ3v) is 6.68. The third kappa shape index (κ3) is 4.83. The molecule has 0 saturated carbocycles. The van der Waals surface area contributed by atoms with Crippen molar-refractivity contribution >= 4 is 5.91 Å². The fraction of sp³-hybridized carbons (Fsp3) is 0.783. The number of carbonyl (C=O) groups excluding carboxylic acids is 1. The normalized spacial score (nSPS) is 36.6. The van der Waals surface area contributed by atoms with E-state index in [-0.39, 0.29) is 35.7 Å². The number of ether oxygens (including phenoxy) is 1. The van der Waals surface area contributed by atoms with Gasteiger partial charge in [-0.3, -0.25) is 4.79 Å². The van der Waals surface area contributed by atoms with Gasteiger partial charge in [0.25, 0.3) is 0 Å². The van der Waals surface area contributed by atoms with Crippen molar-refractivity contribution in [3.63, 3.8) is 0 Å². The van der Waals surface area contributed by atoms with Crippen molar-refractivity contribution in [3.8, 4) is 0 Å². The maximum Gasteiger partial charge on any atom is 0.225 e. The van der Waals surface area contributed by atoms with Crippen LogP contribution in [-0.2, 0) is 9.53 Å². The average molecular weight is 378 g/mol. The smallest absolute Gasteiger partial charge is 0.225 e. The lowest BCUT2D eigenvalue weighted by Crippen LogP contribution is -2.64. The standard InChI is InChI=1S/C23H39NO3/c1-7-9-10-11-15(3)20(25)14-21-16(4)12-17(5)23(27-21)18(6)13-19(8-2)22(26)24-23/h7,9,12,15-16,18-21,25H,8,10-11,13-14H2,1-6H3,(H,24,26)/b9-7+/t15-,16+,18-,19-,20-,21-,23-/m0/s1. The molecule has 2 heterocycles. The molecule has 2 rings (SSSR count). The molecule has 0 unspecified atom stereocenters. The van der Waals surface area contributed by atoms with E-state index >= 15 is 0 Å². The van der Waals surface area contributed by atoms with Gasteiger partial charge in [-0.25, -0.2) is 0 Å². The molecule has 154 valence electrons. The summed E-state index contributed by atoms with van der Waals surface area (Å²) in [4.78, 5) is 12.6. The van der Waals surface area contributed by atoms with Crippen molar-refractivity contribution in [1.82, 2.24) is 5.32 Å². The van der Waals surface area contributed by atoms with Crippen LogP contribution in [0.3, 0.4) is 0 Å². The number of allylic oxidation sites excluding steroid dienone is 2. The van der Waals surface area contributed by atoms with E-state index in [1.54, 1.807) is 0 Å². The van der Waals surface area contributed by atoms with Crippen LogP contribution in [0.1, 0.15) is 73.6 Å². The predicted octanol–water partition coefficient (Wildman–Crippen LogP) is 4.59. The summed E-state index contributed by atoms with van der Waals surface area (Å²) in [6.07, 6.45) is 10.2. The number of amides is 1. The highest BCUT2D eigenvalue weighted by molar-refractivity contribution is 5.80. The zero-order chi connectivity index (χ0) is 20.2. The fourth-order valence-corrected chi connectivity index (χ4v) is 4.61. The number of rotatable bonds is 7. The Morgan fingerprint density at radius 2 is 2.15 bits per heavy atom. The topological polar surface area (TPSA) is 58.6 Å². The van der Waals surface area contributed by atoms with Crippen molar-refractivity contribution < 1.29 is 14.6 Å². The van der Waals surface area contributed by atoms with Crippen LogP contribution in [-0.4, -0.2) is 28.9 Å². The summed E-state index contributed by atoms with van der Waals surface area (Å²) in [5, 5.41) is 13.9. The Morgan fingerprint density at radius 3 is 2.78 bits per heavy atom. The molecule has 2 N–H and O–H groups in total. The van der Waals surface area contributed by atoms with Gasteiger partial charge in [0.1, 0.15) is 0 Å². The van der Waals surface area contributed by atoms with Gasteiger partial charge in [0, 0.05) is 24.2 Å². The molecule has 27 heavy (non-hydrogen) atoms. The zero-order valence-corrected chi connectivity index (χ0v) is 18.0. The molecule has 2 aliphatic rings. The van der Waals surface area contributed by atoms with Crippen LogP contribution < -0.4 is 5.32 Å². The van der Waals surface area contributed by atoms with Gasteiger partial charge in [-0.05, 0) is 51.0 Å². The van der Waals surface area contributed by atoms with Crippen molar-refractivity contribution in [2.45, 2.75) is 91.6 Å². The molecular formula is C23H39NO3. The van der Waals surface area contributed by atoms with Gasteiger partial charge in [-0.15, -0.1) is 0 Å². The highest BCUT2D eigenvalue weighted by Crippen LogP contribution is 2.43. The molecule has 0 aromatic rings. The third-order valence-electron chi connectivity index (χ3n) is 6.68. The first-order chi connectivity index (χ1) is 12.7. The van der Waals surface area contributed by atoms with E-state index in [1.807, 2.05) is 6.92 Å². The minimum atomic E-state index is -0.714. The highest BCUT2D eigenvalue weighted by Gasteiger charge is 2.50. The van der Waals surface area contributed by atoms with E-state index in [0.29, 0.717) is 6.42 Å². The summed E-state index contributed by atoms with van der Waals surface area (Å²) in [5.74, 6) is 0.827. The second-order valence-electron chi connectivity index (χ2n) is 8.76. The molecule has 0 aromatic carbocycles.